The van der Waals surface area contributed by atoms with Gasteiger partial charge < -0.3 is 15.0 Å². The SMILES string of the molecule is CC(C)(C)C(=O)N[C@H]1CCCN(C(=O)c2ccccn2)C1.CCOC=O. The van der Waals surface area contributed by atoms with E-state index in [4.69, 9.17) is 0 Å². The summed E-state index contributed by atoms with van der Waals surface area (Å²) in [5.74, 6) is -0.0371. The number of rotatable bonds is 4. The van der Waals surface area contributed by atoms with E-state index in [0.29, 0.717) is 25.3 Å². The predicted octanol–water partition coefficient (Wildman–Crippen LogP) is 2.03. The summed E-state index contributed by atoms with van der Waals surface area (Å²) in [4.78, 5) is 39.5. The van der Waals surface area contributed by atoms with Gasteiger partial charge >= 0.3 is 0 Å². The van der Waals surface area contributed by atoms with E-state index in [0.717, 1.165) is 19.4 Å². The highest BCUT2D eigenvalue weighted by molar-refractivity contribution is 5.92. The van der Waals surface area contributed by atoms with E-state index in [-0.39, 0.29) is 17.9 Å². The first-order valence-electron chi connectivity index (χ1n) is 8.86. The van der Waals surface area contributed by atoms with Crippen LogP contribution in [0.5, 0.6) is 0 Å². The predicted molar refractivity (Wildman–Crippen MR) is 98.5 cm³/mol. The number of nitrogens with zero attached hydrogens (tertiary/aromatic N) is 2. The minimum Gasteiger partial charge on any atom is -0.468 e. The van der Waals surface area contributed by atoms with Gasteiger partial charge in [0, 0.05) is 30.7 Å². The Hall–Kier alpha value is -2.44. The second-order valence-corrected chi connectivity index (χ2v) is 7.08. The Morgan fingerprint density at radius 1 is 1.38 bits per heavy atom. The van der Waals surface area contributed by atoms with Gasteiger partial charge in [-0.2, -0.15) is 0 Å². The van der Waals surface area contributed by atoms with E-state index in [1.807, 2.05) is 26.8 Å². The van der Waals surface area contributed by atoms with Crippen LogP contribution in [-0.4, -0.2) is 53.9 Å². The van der Waals surface area contributed by atoms with Gasteiger partial charge in [-0.05, 0) is 31.9 Å². The minimum absolute atomic E-state index is 0.0261. The van der Waals surface area contributed by atoms with Gasteiger partial charge in [0.25, 0.3) is 12.4 Å². The van der Waals surface area contributed by atoms with Crippen LogP contribution < -0.4 is 5.32 Å². The van der Waals surface area contributed by atoms with Gasteiger partial charge in [0.15, 0.2) is 0 Å². The number of aromatic nitrogens is 1. The molecular formula is C19H29N3O4. The van der Waals surface area contributed by atoms with Gasteiger partial charge in [-0.1, -0.05) is 26.8 Å². The van der Waals surface area contributed by atoms with Crippen molar-refractivity contribution < 1.29 is 19.1 Å². The summed E-state index contributed by atoms with van der Waals surface area (Å²) in [6, 6.07) is 5.35. The molecule has 0 bridgehead atoms. The number of carbonyl (C=O) groups is 3. The minimum atomic E-state index is -0.409. The molecule has 2 amide bonds. The molecule has 0 saturated carbocycles. The number of piperidine rings is 1. The Morgan fingerprint density at radius 2 is 2.12 bits per heavy atom. The molecule has 144 valence electrons. The quantitative estimate of drug-likeness (QED) is 0.827. The van der Waals surface area contributed by atoms with Crippen molar-refractivity contribution in [3.63, 3.8) is 0 Å². The summed E-state index contributed by atoms with van der Waals surface area (Å²) in [7, 11) is 0. The molecule has 1 aliphatic rings. The summed E-state index contributed by atoms with van der Waals surface area (Å²) in [5.41, 5.74) is 0.0492. The summed E-state index contributed by atoms with van der Waals surface area (Å²) < 4.78 is 4.15. The molecule has 2 heterocycles. The maximum atomic E-state index is 12.4. The van der Waals surface area contributed by atoms with E-state index in [2.05, 4.69) is 15.0 Å². The average Bonchev–Trinajstić information content (AvgIpc) is 2.62. The number of pyridine rings is 1. The van der Waals surface area contributed by atoms with Crippen LogP contribution in [0.15, 0.2) is 24.4 Å². The van der Waals surface area contributed by atoms with E-state index < -0.39 is 5.41 Å². The van der Waals surface area contributed by atoms with E-state index >= 15 is 0 Å². The lowest BCUT2D eigenvalue weighted by atomic mass is 9.94. The fourth-order valence-electron chi connectivity index (χ4n) is 2.40. The third-order valence-corrected chi connectivity index (χ3v) is 3.84. The molecule has 0 aliphatic carbocycles. The van der Waals surface area contributed by atoms with Crippen molar-refractivity contribution >= 4 is 18.3 Å². The van der Waals surface area contributed by atoms with Crippen LogP contribution >= 0.6 is 0 Å². The van der Waals surface area contributed by atoms with Crippen molar-refractivity contribution in [3.05, 3.63) is 30.1 Å². The largest absolute Gasteiger partial charge is 0.468 e. The average molecular weight is 363 g/mol. The summed E-state index contributed by atoms with van der Waals surface area (Å²) in [6.07, 6.45) is 3.43. The van der Waals surface area contributed by atoms with E-state index in [1.54, 1.807) is 30.2 Å². The molecule has 1 saturated heterocycles. The van der Waals surface area contributed by atoms with E-state index in [1.165, 1.54) is 0 Å². The Morgan fingerprint density at radius 3 is 2.62 bits per heavy atom. The van der Waals surface area contributed by atoms with Crippen LogP contribution in [0.3, 0.4) is 0 Å². The molecule has 0 unspecified atom stereocenters. The number of carbonyl (C=O) groups excluding carboxylic acids is 3. The molecule has 7 nitrogen and oxygen atoms in total. The van der Waals surface area contributed by atoms with Gasteiger partial charge in [0.2, 0.25) is 5.91 Å². The first kappa shape index (κ1) is 21.6. The van der Waals surface area contributed by atoms with Crippen molar-refractivity contribution in [1.29, 1.82) is 0 Å². The molecule has 1 atom stereocenters. The molecular weight excluding hydrogens is 334 g/mol. The molecule has 7 heteroatoms. The van der Waals surface area contributed by atoms with Gasteiger partial charge in [-0.3, -0.25) is 19.4 Å². The van der Waals surface area contributed by atoms with Crippen LogP contribution in [0.25, 0.3) is 0 Å². The van der Waals surface area contributed by atoms with Crippen LogP contribution in [0.2, 0.25) is 0 Å². The van der Waals surface area contributed by atoms with Crippen molar-refractivity contribution in [2.24, 2.45) is 5.41 Å². The zero-order valence-corrected chi connectivity index (χ0v) is 16.0. The fraction of sp³-hybridized carbons (Fsp3) is 0.579. The van der Waals surface area contributed by atoms with Gasteiger partial charge in [0.05, 0.1) is 6.61 Å². The lowest BCUT2D eigenvalue weighted by Gasteiger charge is -2.34. The number of amides is 2. The lowest BCUT2D eigenvalue weighted by molar-refractivity contribution is -0.129. The molecule has 1 N–H and O–H groups in total. The highest BCUT2D eigenvalue weighted by atomic mass is 16.5. The number of hydrogen-bond donors (Lipinski definition) is 1. The third-order valence-electron chi connectivity index (χ3n) is 3.84. The highest BCUT2D eigenvalue weighted by Crippen LogP contribution is 2.17. The molecule has 26 heavy (non-hydrogen) atoms. The number of likely N-dealkylation sites (tertiary alicyclic amines) is 1. The molecule has 1 fully saturated rings. The first-order chi connectivity index (χ1) is 12.3. The number of nitrogens with one attached hydrogen (secondary N) is 1. The molecule has 0 aromatic carbocycles. The lowest BCUT2D eigenvalue weighted by Crippen LogP contribution is -2.51. The Bertz CT molecular complexity index is 584. The van der Waals surface area contributed by atoms with Crippen molar-refractivity contribution in [1.82, 2.24) is 15.2 Å². The smallest absolute Gasteiger partial charge is 0.293 e. The molecule has 0 spiro atoms. The van der Waals surface area contributed by atoms with Gasteiger partial charge in [-0.25, -0.2) is 0 Å². The van der Waals surface area contributed by atoms with Gasteiger partial charge in [-0.15, -0.1) is 0 Å². The Balaban J connectivity index is 0.000000597. The topological polar surface area (TPSA) is 88.6 Å². The molecule has 1 aromatic rings. The summed E-state index contributed by atoms with van der Waals surface area (Å²) in [6.45, 7) is 9.61. The monoisotopic (exact) mass is 363 g/mol. The van der Waals surface area contributed by atoms with Crippen molar-refractivity contribution in [3.8, 4) is 0 Å². The van der Waals surface area contributed by atoms with Crippen molar-refractivity contribution in [2.75, 3.05) is 19.7 Å². The fourth-order valence-corrected chi connectivity index (χ4v) is 2.40. The van der Waals surface area contributed by atoms with E-state index in [9.17, 15) is 14.4 Å². The Kier molecular flexibility index (Phi) is 8.75. The number of hydrogen-bond acceptors (Lipinski definition) is 5. The van der Waals surface area contributed by atoms with Crippen LogP contribution in [0, 0.1) is 5.41 Å². The molecule has 2 rings (SSSR count). The normalized spacial score (nSPS) is 16.8. The second kappa shape index (κ2) is 10.5. The van der Waals surface area contributed by atoms with Gasteiger partial charge in [0.1, 0.15) is 5.69 Å². The highest BCUT2D eigenvalue weighted by Gasteiger charge is 2.29. The second-order valence-electron chi connectivity index (χ2n) is 7.08. The molecule has 1 aromatic heterocycles. The molecule has 1 aliphatic heterocycles. The summed E-state index contributed by atoms with van der Waals surface area (Å²) in [5, 5.41) is 3.04. The van der Waals surface area contributed by atoms with Crippen molar-refractivity contribution in [2.45, 2.75) is 46.6 Å². The standard InChI is InChI=1S/C16H23N3O2.C3H6O2/c1-16(2,3)15(21)18-12-7-6-10-19(11-12)14(20)13-8-4-5-9-17-13;1-2-5-3-4/h4-5,8-9,12H,6-7,10-11H2,1-3H3,(H,18,21);3H,2H2,1H3/t12-;/m0./s1. The number of ether oxygens (including phenoxy) is 1. The Labute approximate surface area is 155 Å². The van der Waals surface area contributed by atoms with Crippen LogP contribution in [-0.2, 0) is 14.3 Å². The maximum Gasteiger partial charge on any atom is 0.293 e. The summed E-state index contributed by atoms with van der Waals surface area (Å²) >= 11 is 0. The zero-order valence-electron chi connectivity index (χ0n) is 16.0. The zero-order chi connectivity index (χ0) is 19.6. The first-order valence-corrected chi connectivity index (χ1v) is 8.86. The third kappa shape index (κ3) is 7.21. The maximum absolute atomic E-state index is 12.4. The molecule has 0 radical (unpaired) electrons. The van der Waals surface area contributed by atoms with Crippen LogP contribution in [0.4, 0.5) is 0 Å². The van der Waals surface area contributed by atoms with Crippen LogP contribution in [0.1, 0.15) is 51.0 Å².